The highest BCUT2D eigenvalue weighted by molar-refractivity contribution is 5.69. The summed E-state index contributed by atoms with van der Waals surface area (Å²) in [5.74, 6) is -0.859. The van der Waals surface area contributed by atoms with E-state index in [4.69, 9.17) is 9.84 Å². The van der Waals surface area contributed by atoms with Gasteiger partial charge in [0.1, 0.15) is 0 Å². The Balaban J connectivity index is 1.84. The van der Waals surface area contributed by atoms with Crippen molar-refractivity contribution < 1.29 is 14.6 Å². The maximum atomic E-state index is 10.7. The van der Waals surface area contributed by atoms with Crippen LogP contribution in [0.2, 0.25) is 0 Å². The molecule has 1 N–H and O–H groups in total. The summed E-state index contributed by atoms with van der Waals surface area (Å²) in [5.41, 5.74) is 0. The lowest BCUT2D eigenvalue weighted by Gasteiger charge is -2.04. The van der Waals surface area contributed by atoms with Crippen molar-refractivity contribution in [3.63, 3.8) is 0 Å². The third-order valence-electron chi connectivity index (χ3n) is 4.49. The molecule has 0 aliphatic carbocycles. The molecule has 22 heavy (non-hydrogen) atoms. The normalized spacial score (nSPS) is 22.1. The molecule has 3 heteroatoms. The first-order valence-electron chi connectivity index (χ1n) is 9.18. The minimum atomic E-state index is -0.668. The molecule has 0 saturated carbocycles. The molecule has 128 valence electrons. The first-order chi connectivity index (χ1) is 10.6. The Kier molecular flexibility index (Phi) is 10.2. The molecule has 0 aromatic heterocycles. The highest BCUT2D eigenvalue weighted by Gasteiger charge is 2.36. The van der Waals surface area contributed by atoms with Crippen LogP contribution in [-0.4, -0.2) is 23.3 Å². The number of carbonyl (C=O) groups is 1. The fourth-order valence-corrected chi connectivity index (χ4v) is 2.77. The van der Waals surface area contributed by atoms with Gasteiger partial charge in [0, 0.05) is 0 Å². The molecule has 1 fully saturated rings. The Morgan fingerprint density at radius 2 is 1.86 bits per heavy atom. The molecule has 1 saturated heterocycles. The lowest BCUT2D eigenvalue weighted by atomic mass is 10.0. The summed E-state index contributed by atoms with van der Waals surface area (Å²) in [6.07, 6.45) is 18.4. The van der Waals surface area contributed by atoms with Gasteiger partial charge in [-0.25, -0.2) is 0 Å². The summed E-state index contributed by atoms with van der Waals surface area (Å²) >= 11 is 0. The van der Waals surface area contributed by atoms with Gasteiger partial charge in [0.25, 0.3) is 0 Å². The van der Waals surface area contributed by atoms with Crippen LogP contribution in [0.5, 0.6) is 0 Å². The van der Waals surface area contributed by atoms with Crippen molar-refractivity contribution in [1.29, 1.82) is 0 Å². The molecule has 0 radical (unpaired) electrons. The van der Waals surface area contributed by atoms with Gasteiger partial charge < -0.3 is 9.84 Å². The van der Waals surface area contributed by atoms with Gasteiger partial charge in [0.15, 0.2) is 0 Å². The largest absolute Gasteiger partial charge is 0.481 e. The predicted molar refractivity (Wildman–Crippen MR) is 91.1 cm³/mol. The number of hydrogen-bond acceptors (Lipinski definition) is 2. The van der Waals surface area contributed by atoms with E-state index in [-0.39, 0.29) is 5.92 Å². The van der Waals surface area contributed by atoms with Gasteiger partial charge in [0.2, 0.25) is 0 Å². The van der Waals surface area contributed by atoms with Crippen LogP contribution in [0.4, 0.5) is 0 Å². The third-order valence-corrected chi connectivity index (χ3v) is 4.49. The average molecular weight is 310 g/mol. The van der Waals surface area contributed by atoms with Gasteiger partial charge in [-0.2, -0.15) is 0 Å². The van der Waals surface area contributed by atoms with Crippen LogP contribution in [0, 0.1) is 5.92 Å². The summed E-state index contributed by atoms with van der Waals surface area (Å²) < 4.78 is 5.67. The molecule has 1 aliphatic heterocycles. The number of carboxylic acids is 1. The van der Waals surface area contributed by atoms with Crippen LogP contribution in [0.25, 0.3) is 0 Å². The van der Waals surface area contributed by atoms with E-state index in [0.717, 1.165) is 32.1 Å². The highest BCUT2D eigenvalue weighted by atomic mass is 16.6. The Morgan fingerprint density at radius 3 is 2.59 bits per heavy atom. The zero-order chi connectivity index (χ0) is 16.2. The van der Waals surface area contributed by atoms with Gasteiger partial charge in [-0.15, -0.1) is 0 Å². The smallest absolute Gasteiger partial charge is 0.306 e. The van der Waals surface area contributed by atoms with Crippen LogP contribution < -0.4 is 0 Å². The minimum absolute atomic E-state index is 0.191. The number of aliphatic carboxylic acids is 1. The SMILES string of the molecule is CCCCC[C@H]1O[C@H]1C/C=C\CCCCCCC(C)C(=O)O. The summed E-state index contributed by atoms with van der Waals surface area (Å²) in [4.78, 5) is 10.7. The van der Waals surface area contributed by atoms with Gasteiger partial charge in [-0.3, -0.25) is 4.79 Å². The predicted octanol–water partition coefficient (Wildman–Crippen LogP) is 5.34. The average Bonchev–Trinajstić information content (AvgIpc) is 3.24. The Hall–Kier alpha value is -0.830. The van der Waals surface area contributed by atoms with Crippen LogP contribution in [0.15, 0.2) is 12.2 Å². The Labute approximate surface area is 136 Å². The molecule has 3 nitrogen and oxygen atoms in total. The van der Waals surface area contributed by atoms with Crippen LogP contribution in [-0.2, 0) is 9.53 Å². The highest BCUT2D eigenvalue weighted by Crippen LogP contribution is 2.30. The number of unbranched alkanes of at least 4 members (excludes halogenated alkanes) is 6. The second-order valence-corrected chi connectivity index (χ2v) is 6.65. The molecule has 0 amide bonds. The van der Waals surface area contributed by atoms with Gasteiger partial charge >= 0.3 is 5.97 Å². The lowest BCUT2D eigenvalue weighted by molar-refractivity contribution is -0.141. The number of hydrogen-bond donors (Lipinski definition) is 1. The quantitative estimate of drug-likeness (QED) is 0.267. The van der Waals surface area contributed by atoms with Crippen molar-refractivity contribution in [2.45, 2.75) is 96.7 Å². The van der Waals surface area contributed by atoms with E-state index in [1.165, 1.54) is 38.5 Å². The fourth-order valence-electron chi connectivity index (χ4n) is 2.77. The van der Waals surface area contributed by atoms with E-state index in [1.807, 2.05) is 0 Å². The molecule has 3 atom stereocenters. The zero-order valence-electron chi connectivity index (χ0n) is 14.4. The number of allylic oxidation sites excluding steroid dienone is 1. The summed E-state index contributed by atoms with van der Waals surface area (Å²) in [6, 6.07) is 0. The van der Waals surface area contributed by atoms with Crippen molar-refractivity contribution >= 4 is 5.97 Å². The van der Waals surface area contributed by atoms with E-state index in [1.54, 1.807) is 6.92 Å². The standard InChI is InChI=1S/C19H34O3/c1-3-4-10-14-17-18(22-17)15-12-9-7-5-6-8-11-13-16(2)19(20)21/h9,12,16-18H,3-8,10-11,13-15H2,1-2H3,(H,20,21)/b12-9-/t16?,17-,18+/m1/s1. The molecule has 0 bridgehead atoms. The number of carboxylic acid groups (broad SMARTS) is 1. The van der Waals surface area contributed by atoms with E-state index in [2.05, 4.69) is 19.1 Å². The Bertz CT molecular complexity index is 325. The number of rotatable bonds is 14. The van der Waals surface area contributed by atoms with Crippen molar-refractivity contribution in [1.82, 2.24) is 0 Å². The first-order valence-corrected chi connectivity index (χ1v) is 9.18. The third kappa shape index (κ3) is 9.24. The molecule has 1 aliphatic rings. The van der Waals surface area contributed by atoms with Crippen molar-refractivity contribution in [3.05, 3.63) is 12.2 Å². The topological polar surface area (TPSA) is 49.8 Å². The van der Waals surface area contributed by atoms with E-state index < -0.39 is 5.97 Å². The lowest BCUT2D eigenvalue weighted by Crippen LogP contribution is -2.08. The van der Waals surface area contributed by atoms with Gasteiger partial charge in [-0.1, -0.05) is 64.5 Å². The zero-order valence-corrected chi connectivity index (χ0v) is 14.4. The van der Waals surface area contributed by atoms with E-state index in [0.29, 0.717) is 12.2 Å². The molecule has 1 unspecified atom stereocenters. The van der Waals surface area contributed by atoms with Crippen LogP contribution in [0.3, 0.4) is 0 Å². The molecule has 0 spiro atoms. The van der Waals surface area contributed by atoms with Crippen molar-refractivity contribution in [3.8, 4) is 0 Å². The maximum absolute atomic E-state index is 10.7. The summed E-state index contributed by atoms with van der Waals surface area (Å²) in [5, 5.41) is 8.79. The summed E-state index contributed by atoms with van der Waals surface area (Å²) in [7, 11) is 0. The monoisotopic (exact) mass is 310 g/mol. The van der Waals surface area contributed by atoms with Crippen molar-refractivity contribution in [2.24, 2.45) is 5.92 Å². The van der Waals surface area contributed by atoms with Gasteiger partial charge in [0.05, 0.1) is 18.1 Å². The van der Waals surface area contributed by atoms with Crippen LogP contribution in [0.1, 0.15) is 84.5 Å². The number of ether oxygens (including phenoxy) is 1. The second kappa shape index (κ2) is 11.7. The minimum Gasteiger partial charge on any atom is -0.481 e. The Morgan fingerprint density at radius 1 is 1.09 bits per heavy atom. The number of epoxide rings is 1. The fraction of sp³-hybridized carbons (Fsp3) is 0.842. The van der Waals surface area contributed by atoms with E-state index >= 15 is 0 Å². The van der Waals surface area contributed by atoms with E-state index in [9.17, 15) is 4.79 Å². The maximum Gasteiger partial charge on any atom is 0.306 e. The van der Waals surface area contributed by atoms with Crippen LogP contribution >= 0.6 is 0 Å². The molecule has 0 aromatic carbocycles. The molecule has 1 rings (SSSR count). The van der Waals surface area contributed by atoms with Crippen molar-refractivity contribution in [2.75, 3.05) is 0 Å². The molecular weight excluding hydrogens is 276 g/mol. The first kappa shape index (κ1) is 19.2. The molecular formula is C19H34O3. The molecule has 0 aromatic rings. The van der Waals surface area contributed by atoms with Gasteiger partial charge in [-0.05, 0) is 32.1 Å². The summed E-state index contributed by atoms with van der Waals surface area (Å²) in [6.45, 7) is 4.03. The second-order valence-electron chi connectivity index (χ2n) is 6.65. The molecule has 1 heterocycles.